The number of benzene rings is 2. The summed E-state index contributed by atoms with van der Waals surface area (Å²) in [6.45, 7) is 10.7. The highest BCUT2D eigenvalue weighted by Gasteiger charge is 2.38. The molecule has 1 N–H and O–H groups in total. The van der Waals surface area contributed by atoms with E-state index in [1.54, 1.807) is 38.1 Å². The van der Waals surface area contributed by atoms with Crippen molar-refractivity contribution >= 4 is 23.5 Å². The van der Waals surface area contributed by atoms with E-state index in [4.69, 9.17) is 21.1 Å². The Balaban J connectivity index is 1.48. The zero-order valence-electron chi connectivity index (χ0n) is 20.8. The number of nitrogens with one attached hydrogen (secondary N) is 1. The van der Waals surface area contributed by atoms with Crippen LogP contribution >= 0.6 is 11.6 Å². The van der Waals surface area contributed by atoms with Crippen molar-refractivity contribution in [3.05, 3.63) is 64.7 Å². The van der Waals surface area contributed by atoms with E-state index in [2.05, 4.69) is 26.1 Å². The van der Waals surface area contributed by atoms with Crippen LogP contribution in [0.2, 0.25) is 5.02 Å². The Bertz CT molecular complexity index is 982. The molecule has 1 fully saturated rings. The number of hydrogen-bond donors (Lipinski definition) is 1. The van der Waals surface area contributed by atoms with Crippen molar-refractivity contribution in [2.24, 2.45) is 11.3 Å². The maximum absolute atomic E-state index is 12.9. The van der Waals surface area contributed by atoms with Crippen LogP contribution in [0.4, 0.5) is 0 Å². The largest absolute Gasteiger partial charge is 0.476 e. The quantitative estimate of drug-likeness (QED) is 0.450. The average molecular weight is 486 g/mol. The molecule has 0 aromatic heterocycles. The van der Waals surface area contributed by atoms with Crippen molar-refractivity contribution < 1.29 is 19.1 Å². The van der Waals surface area contributed by atoms with Crippen LogP contribution in [0.25, 0.3) is 0 Å². The third-order valence-corrected chi connectivity index (χ3v) is 6.47. The van der Waals surface area contributed by atoms with Gasteiger partial charge in [0.15, 0.2) is 5.60 Å². The van der Waals surface area contributed by atoms with E-state index in [-0.39, 0.29) is 23.4 Å². The average Bonchev–Trinajstić information content (AvgIpc) is 2.73. The lowest BCUT2D eigenvalue weighted by Crippen LogP contribution is -2.43. The van der Waals surface area contributed by atoms with E-state index in [1.807, 2.05) is 24.3 Å². The van der Waals surface area contributed by atoms with Crippen molar-refractivity contribution in [1.82, 2.24) is 5.32 Å². The number of carbonyl (C=O) groups is 2. The van der Waals surface area contributed by atoms with Crippen LogP contribution in [0, 0.1) is 11.3 Å². The predicted octanol–water partition coefficient (Wildman–Crippen LogP) is 6.23. The summed E-state index contributed by atoms with van der Waals surface area (Å²) in [5.41, 5.74) is 0.729. The highest BCUT2D eigenvalue weighted by atomic mass is 35.5. The van der Waals surface area contributed by atoms with Gasteiger partial charge < -0.3 is 14.8 Å². The second-order valence-electron chi connectivity index (χ2n) is 10.7. The molecule has 1 aliphatic carbocycles. The summed E-state index contributed by atoms with van der Waals surface area (Å²) >= 11 is 5.86. The van der Waals surface area contributed by atoms with Crippen LogP contribution in [0.5, 0.6) is 5.75 Å². The van der Waals surface area contributed by atoms with Gasteiger partial charge in [-0.1, -0.05) is 44.5 Å². The van der Waals surface area contributed by atoms with Gasteiger partial charge in [-0.25, -0.2) is 4.79 Å². The highest BCUT2D eigenvalue weighted by Crippen LogP contribution is 2.40. The third kappa shape index (κ3) is 7.49. The molecule has 0 spiro atoms. The van der Waals surface area contributed by atoms with Gasteiger partial charge >= 0.3 is 5.97 Å². The van der Waals surface area contributed by atoms with Gasteiger partial charge in [-0.05, 0) is 92.8 Å². The molecule has 2 aromatic carbocycles. The van der Waals surface area contributed by atoms with Crippen molar-refractivity contribution in [2.45, 2.75) is 72.0 Å². The number of carbonyl (C=O) groups excluding carboxylic acids is 2. The minimum Gasteiger partial charge on any atom is -0.476 e. The molecule has 0 saturated heterocycles. The molecule has 1 saturated carbocycles. The van der Waals surface area contributed by atoms with E-state index in [9.17, 15) is 9.59 Å². The van der Waals surface area contributed by atoms with Gasteiger partial charge in [0, 0.05) is 17.1 Å². The minimum atomic E-state index is -1.08. The molecular formula is C28H36ClNO4. The molecule has 0 aliphatic heterocycles. The Morgan fingerprint density at radius 2 is 1.71 bits per heavy atom. The fourth-order valence-corrected chi connectivity index (χ4v) is 4.85. The summed E-state index contributed by atoms with van der Waals surface area (Å²) in [5.74, 6) is 0.673. The topological polar surface area (TPSA) is 64.6 Å². The molecule has 184 valence electrons. The Kier molecular flexibility index (Phi) is 8.29. The minimum absolute atomic E-state index is 0.0698. The van der Waals surface area contributed by atoms with Gasteiger partial charge in [0.25, 0.3) is 5.91 Å². The SMILES string of the molecule is C[C@H]1C[C@H](OC(=O)C(C)(C)Oc2ccc(CCNC(=O)c3ccc(Cl)cc3)cc2)CC(C)(C)C1. The number of amides is 1. The Hall–Kier alpha value is -2.53. The first kappa shape index (κ1) is 26.1. The molecule has 3 rings (SSSR count). The van der Waals surface area contributed by atoms with Crippen LogP contribution in [-0.4, -0.2) is 30.1 Å². The fraction of sp³-hybridized carbons (Fsp3) is 0.500. The van der Waals surface area contributed by atoms with E-state index in [0.29, 0.717) is 35.2 Å². The summed E-state index contributed by atoms with van der Waals surface area (Å²) in [5, 5.41) is 3.51. The zero-order valence-corrected chi connectivity index (χ0v) is 21.6. The van der Waals surface area contributed by atoms with Crippen LogP contribution in [-0.2, 0) is 16.0 Å². The maximum Gasteiger partial charge on any atom is 0.350 e. The molecule has 0 heterocycles. The molecule has 1 aliphatic rings. The summed E-state index contributed by atoms with van der Waals surface area (Å²) in [6.07, 6.45) is 3.54. The molecule has 0 bridgehead atoms. The third-order valence-electron chi connectivity index (χ3n) is 6.21. The Labute approximate surface area is 208 Å². The number of esters is 1. The first-order chi connectivity index (χ1) is 15.9. The number of hydrogen-bond acceptors (Lipinski definition) is 4. The summed E-state index contributed by atoms with van der Waals surface area (Å²) in [7, 11) is 0. The highest BCUT2D eigenvalue weighted by molar-refractivity contribution is 6.30. The monoisotopic (exact) mass is 485 g/mol. The smallest absolute Gasteiger partial charge is 0.350 e. The summed E-state index contributed by atoms with van der Waals surface area (Å²) in [4.78, 5) is 25.1. The van der Waals surface area contributed by atoms with Crippen molar-refractivity contribution in [3.8, 4) is 5.75 Å². The standard InChI is InChI=1S/C28H36ClNO4/c1-19-16-24(18-27(2,3)17-19)33-26(32)28(4,5)34-23-12-6-20(7-13-23)14-15-30-25(31)21-8-10-22(29)11-9-21/h6-13,19,24H,14-18H2,1-5H3,(H,30,31)/t19-,24-/m0/s1. The first-order valence-electron chi connectivity index (χ1n) is 12.0. The molecule has 2 atom stereocenters. The van der Waals surface area contributed by atoms with Gasteiger partial charge in [-0.15, -0.1) is 0 Å². The van der Waals surface area contributed by atoms with Crippen molar-refractivity contribution in [1.29, 1.82) is 0 Å². The second-order valence-corrected chi connectivity index (χ2v) is 11.1. The molecular weight excluding hydrogens is 450 g/mol. The predicted molar refractivity (Wildman–Crippen MR) is 135 cm³/mol. The maximum atomic E-state index is 12.9. The van der Waals surface area contributed by atoms with Crippen LogP contribution < -0.4 is 10.1 Å². The van der Waals surface area contributed by atoms with Crippen LogP contribution in [0.15, 0.2) is 48.5 Å². The zero-order chi connectivity index (χ0) is 24.9. The van der Waals surface area contributed by atoms with Crippen LogP contribution in [0.3, 0.4) is 0 Å². The van der Waals surface area contributed by atoms with E-state index in [1.165, 1.54) is 0 Å². The summed E-state index contributed by atoms with van der Waals surface area (Å²) < 4.78 is 11.9. The first-order valence-corrected chi connectivity index (χ1v) is 12.3. The second kappa shape index (κ2) is 10.8. The van der Waals surface area contributed by atoms with Gasteiger partial charge in [0.2, 0.25) is 0 Å². The molecule has 34 heavy (non-hydrogen) atoms. The van der Waals surface area contributed by atoms with Gasteiger partial charge in [-0.2, -0.15) is 0 Å². The summed E-state index contributed by atoms with van der Waals surface area (Å²) in [6, 6.07) is 14.4. The van der Waals surface area contributed by atoms with Crippen LogP contribution in [0.1, 0.15) is 69.8 Å². The van der Waals surface area contributed by atoms with Crippen molar-refractivity contribution in [3.63, 3.8) is 0 Å². The lowest BCUT2D eigenvalue weighted by atomic mass is 9.71. The molecule has 0 unspecified atom stereocenters. The van der Waals surface area contributed by atoms with Crippen molar-refractivity contribution in [2.75, 3.05) is 6.54 Å². The molecule has 6 heteroatoms. The van der Waals surface area contributed by atoms with E-state index >= 15 is 0 Å². The number of halogens is 1. The van der Waals surface area contributed by atoms with E-state index < -0.39 is 5.60 Å². The fourth-order valence-electron chi connectivity index (χ4n) is 4.73. The number of ether oxygens (including phenoxy) is 2. The lowest BCUT2D eigenvalue weighted by molar-refractivity contribution is -0.169. The van der Waals surface area contributed by atoms with Gasteiger partial charge in [0.05, 0.1) is 0 Å². The van der Waals surface area contributed by atoms with E-state index in [0.717, 1.165) is 24.8 Å². The molecule has 5 nitrogen and oxygen atoms in total. The Morgan fingerprint density at radius 1 is 1.06 bits per heavy atom. The Morgan fingerprint density at radius 3 is 2.32 bits per heavy atom. The molecule has 0 radical (unpaired) electrons. The number of rotatable bonds is 8. The normalized spacial score (nSPS) is 19.8. The molecule has 2 aromatic rings. The van der Waals surface area contributed by atoms with Gasteiger partial charge in [0.1, 0.15) is 11.9 Å². The molecule has 1 amide bonds. The van der Waals surface area contributed by atoms with Gasteiger partial charge in [-0.3, -0.25) is 4.79 Å². The lowest BCUT2D eigenvalue weighted by Gasteiger charge is -2.39.